The van der Waals surface area contributed by atoms with Gasteiger partial charge in [-0.3, -0.25) is 13.9 Å². The molecule has 1 unspecified atom stereocenters. The third-order valence-corrected chi connectivity index (χ3v) is 6.70. The van der Waals surface area contributed by atoms with Gasteiger partial charge in [-0.2, -0.15) is 0 Å². The predicted molar refractivity (Wildman–Crippen MR) is 122 cm³/mol. The van der Waals surface area contributed by atoms with Crippen LogP contribution >= 0.6 is 11.6 Å². The largest absolute Gasteiger partial charge is 0.328 e. The molecule has 1 atom stereocenters. The van der Waals surface area contributed by atoms with Gasteiger partial charge >= 0.3 is 5.69 Å². The molecule has 4 rings (SSSR count). The maximum absolute atomic E-state index is 13.1. The van der Waals surface area contributed by atoms with Gasteiger partial charge in [0, 0.05) is 30.6 Å². The van der Waals surface area contributed by atoms with Gasteiger partial charge < -0.3 is 5.32 Å². The van der Waals surface area contributed by atoms with E-state index in [0.29, 0.717) is 0 Å². The van der Waals surface area contributed by atoms with Crippen molar-refractivity contribution in [1.29, 1.82) is 0 Å². The number of fused-ring (bicyclic) bond motifs is 2. The van der Waals surface area contributed by atoms with E-state index >= 15 is 0 Å². The summed E-state index contributed by atoms with van der Waals surface area (Å²) in [5, 5.41) is 4.28. The van der Waals surface area contributed by atoms with Crippen LogP contribution in [0.15, 0.2) is 41.2 Å². The lowest BCUT2D eigenvalue weighted by Gasteiger charge is -2.23. The minimum atomic E-state index is -0.0563. The first-order valence-electron chi connectivity index (χ1n) is 10.6. The molecule has 1 aliphatic carbocycles. The molecular formula is C24H28ClN3O2. The maximum atomic E-state index is 13.1. The van der Waals surface area contributed by atoms with Crippen molar-refractivity contribution in [2.45, 2.75) is 32.1 Å². The fourth-order valence-electron chi connectivity index (χ4n) is 4.50. The molecule has 158 valence electrons. The van der Waals surface area contributed by atoms with E-state index in [4.69, 9.17) is 11.6 Å². The van der Waals surface area contributed by atoms with E-state index in [9.17, 15) is 9.59 Å². The zero-order valence-electron chi connectivity index (χ0n) is 17.6. The molecule has 1 aromatic heterocycles. The van der Waals surface area contributed by atoms with Gasteiger partial charge in [-0.05, 0) is 74.5 Å². The predicted octanol–water partition coefficient (Wildman–Crippen LogP) is 3.89. The molecule has 3 aromatic rings. The van der Waals surface area contributed by atoms with Crippen molar-refractivity contribution < 1.29 is 4.79 Å². The summed E-state index contributed by atoms with van der Waals surface area (Å²) in [5.41, 5.74) is 4.70. The fourth-order valence-corrected chi connectivity index (χ4v) is 4.73. The Kier molecular flexibility index (Phi) is 6.11. The zero-order chi connectivity index (χ0) is 21.3. The number of imidazole rings is 1. The number of nitrogens with zero attached hydrogens (tertiary/aromatic N) is 2. The number of ketones is 1. The van der Waals surface area contributed by atoms with Gasteiger partial charge in [0.25, 0.3) is 0 Å². The van der Waals surface area contributed by atoms with E-state index in [2.05, 4.69) is 11.4 Å². The molecule has 0 saturated heterocycles. The smallest absolute Gasteiger partial charge is 0.316 e. The average Bonchev–Trinajstić information content (AvgIpc) is 2.96. The van der Waals surface area contributed by atoms with Crippen LogP contribution in [0, 0.1) is 5.92 Å². The normalized spacial score (nSPS) is 16.2. The van der Waals surface area contributed by atoms with Crippen molar-refractivity contribution in [3.63, 3.8) is 0 Å². The van der Waals surface area contributed by atoms with Crippen LogP contribution < -0.4 is 11.0 Å². The van der Waals surface area contributed by atoms with E-state index in [1.54, 1.807) is 23.2 Å². The van der Waals surface area contributed by atoms with Gasteiger partial charge in [-0.25, -0.2) is 4.79 Å². The van der Waals surface area contributed by atoms with E-state index in [1.807, 2.05) is 30.3 Å². The third kappa shape index (κ3) is 3.96. The number of aromatic nitrogens is 2. The molecule has 1 N–H and O–H groups in total. The number of aryl methyl sites for hydroxylation is 3. The second-order valence-corrected chi connectivity index (χ2v) is 8.64. The molecule has 5 nitrogen and oxygen atoms in total. The molecule has 30 heavy (non-hydrogen) atoms. The first-order chi connectivity index (χ1) is 14.5. The number of Topliss-reactive ketones (excluding diaryl/α,β-unsaturated/α-hetero) is 1. The summed E-state index contributed by atoms with van der Waals surface area (Å²) >= 11 is 6.19. The van der Waals surface area contributed by atoms with Crippen molar-refractivity contribution in [3.05, 3.63) is 68.6 Å². The lowest BCUT2D eigenvalue weighted by atomic mass is 9.80. The summed E-state index contributed by atoms with van der Waals surface area (Å²) in [6.45, 7) is 1.78. The summed E-state index contributed by atoms with van der Waals surface area (Å²) in [6, 6.07) is 11.9. The van der Waals surface area contributed by atoms with Crippen molar-refractivity contribution in [3.8, 4) is 0 Å². The number of rotatable bonds is 7. The van der Waals surface area contributed by atoms with Crippen molar-refractivity contribution in [2.75, 3.05) is 13.1 Å². The number of benzene rings is 2. The number of halogens is 1. The summed E-state index contributed by atoms with van der Waals surface area (Å²) in [7, 11) is 3.54. The molecule has 1 heterocycles. The standard InChI is InChI=1S/C24H28ClN3O2/c1-27-21-14-18-10-9-17(23(29)19(18)15-22(21)28(2)24(27)30)7-5-12-26-13-11-16-6-3-4-8-20(16)25/h3-4,6,8,14-15,17,26H,5,7,9-13H2,1-2H3. The van der Waals surface area contributed by atoms with Crippen molar-refractivity contribution in [1.82, 2.24) is 14.5 Å². The van der Waals surface area contributed by atoms with Crippen LogP contribution in [0.1, 0.15) is 40.7 Å². The van der Waals surface area contributed by atoms with Gasteiger partial charge in [0.05, 0.1) is 11.0 Å². The SMILES string of the molecule is Cn1c(=O)n(C)c2cc3c(cc21)CCC(CCCNCCc1ccccc1Cl)C3=O. The number of nitrogens with one attached hydrogen (secondary N) is 1. The molecule has 6 heteroatoms. The Bertz CT molecular complexity index is 1150. The molecule has 2 aromatic carbocycles. The van der Waals surface area contributed by atoms with E-state index in [1.165, 1.54) is 0 Å². The van der Waals surface area contributed by atoms with Gasteiger partial charge in [0.15, 0.2) is 5.78 Å². The third-order valence-electron chi connectivity index (χ3n) is 6.33. The zero-order valence-corrected chi connectivity index (χ0v) is 18.3. The summed E-state index contributed by atoms with van der Waals surface area (Å²) < 4.78 is 3.27. The van der Waals surface area contributed by atoms with Crippen LogP contribution in [-0.4, -0.2) is 28.0 Å². The highest BCUT2D eigenvalue weighted by Crippen LogP contribution is 2.31. The van der Waals surface area contributed by atoms with Crippen LogP contribution in [-0.2, 0) is 26.9 Å². The Balaban J connectivity index is 1.32. The summed E-state index contributed by atoms with van der Waals surface area (Å²) in [6.07, 6.45) is 4.55. The number of hydrogen-bond acceptors (Lipinski definition) is 3. The quantitative estimate of drug-likeness (QED) is 0.584. The highest BCUT2D eigenvalue weighted by Gasteiger charge is 2.28. The minimum Gasteiger partial charge on any atom is -0.316 e. The summed E-state index contributed by atoms with van der Waals surface area (Å²) in [4.78, 5) is 25.3. The van der Waals surface area contributed by atoms with E-state index in [0.717, 1.165) is 77.9 Å². The average molecular weight is 426 g/mol. The molecular weight excluding hydrogens is 398 g/mol. The molecule has 0 saturated carbocycles. The van der Waals surface area contributed by atoms with Crippen LogP contribution in [0.3, 0.4) is 0 Å². The van der Waals surface area contributed by atoms with Crippen molar-refractivity contribution >= 4 is 28.4 Å². The Labute approximate surface area is 181 Å². The molecule has 0 bridgehead atoms. The number of hydrogen-bond donors (Lipinski definition) is 1. The van der Waals surface area contributed by atoms with Crippen LogP contribution in [0.25, 0.3) is 11.0 Å². The molecule has 0 amide bonds. The summed E-state index contributed by atoms with van der Waals surface area (Å²) in [5.74, 6) is 0.298. The van der Waals surface area contributed by atoms with Gasteiger partial charge in [0.2, 0.25) is 0 Å². The van der Waals surface area contributed by atoms with E-state index < -0.39 is 0 Å². The van der Waals surface area contributed by atoms with Gasteiger partial charge in [-0.15, -0.1) is 0 Å². The maximum Gasteiger partial charge on any atom is 0.328 e. The topological polar surface area (TPSA) is 56.0 Å². The Morgan fingerprint density at radius 2 is 1.80 bits per heavy atom. The Morgan fingerprint density at radius 1 is 1.07 bits per heavy atom. The van der Waals surface area contributed by atoms with Crippen LogP contribution in [0.2, 0.25) is 5.02 Å². The molecule has 0 radical (unpaired) electrons. The van der Waals surface area contributed by atoms with Gasteiger partial charge in [-0.1, -0.05) is 29.8 Å². The second kappa shape index (κ2) is 8.78. The molecule has 0 fully saturated rings. The molecule has 1 aliphatic rings. The first kappa shape index (κ1) is 20.9. The molecule has 0 aliphatic heterocycles. The first-order valence-corrected chi connectivity index (χ1v) is 11.0. The molecule has 0 spiro atoms. The number of carbonyl (C=O) groups excluding carboxylic acids is 1. The minimum absolute atomic E-state index is 0.0563. The highest BCUT2D eigenvalue weighted by molar-refractivity contribution is 6.31. The van der Waals surface area contributed by atoms with Crippen LogP contribution in [0.4, 0.5) is 0 Å². The van der Waals surface area contributed by atoms with Gasteiger partial charge in [0.1, 0.15) is 0 Å². The Hall–Kier alpha value is -2.37. The Morgan fingerprint density at radius 3 is 2.57 bits per heavy atom. The van der Waals surface area contributed by atoms with Crippen molar-refractivity contribution in [2.24, 2.45) is 20.0 Å². The monoisotopic (exact) mass is 425 g/mol. The second-order valence-electron chi connectivity index (χ2n) is 8.23. The highest BCUT2D eigenvalue weighted by atomic mass is 35.5. The number of carbonyl (C=O) groups is 1. The lowest BCUT2D eigenvalue weighted by molar-refractivity contribution is 0.0893. The van der Waals surface area contributed by atoms with Crippen LogP contribution in [0.5, 0.6) is 0 Å². The lowest BCUT2D eigenvalue weighted by Crippen LogP contribution is -2.25. The van der Waals surface area contributed by atoms with E-state index in [-0.39, 0.29) is 17.4 Å². The fraction of sp³-hybridized carbons (Fsp3) is 0.417.